The zero-order chi connectivity index (χ0) is 25.3. The van der Waals surface area contributed by atoms with Gasteiger partial charge < -0.3 is 5.11 Å². The molecule has 0 aromatic heterocycles. The summed E-state index contributed by atoms with van der Waals surface area (Å²) >= 11 is 0. The predicted octanol–water partition coefficient (Wildman–Crippen LogP) is 6.30. The Hall–Kier alpha value is -3.08. The zero-order valence-corrected chi connectivity index (χ0v) is 21.5. The minimum Gasteiger partial charge on any atom is -0.507 e. The Morgan fingerprint density at radius 1 is 1.06 bits per heavy atom. The molecule has 180 valence electrons. The van der Waals surface area contributed by atoms with E-state index in [0.29, 0.717) is 35.2 Å². The molecule has 0 aliphatic carbocycles. The predicted molar refractivity (Wildman–Crippen MR) is 137 cm³/mol. The SMILES string of the molecule is C=CCc1ccc(C(=O)NN(CC(C)(C)C)C(=O)c2cc(C)cc(C)c2)c(C)c1O.CCC. The van der Waals surface area contributed by atoms with Gasteiger partial charge in [-0.15, -0.1) is 6.58 Å². The smallest absolute Gasteiger partial charge is 0.272 e. The van der Waals surface area contributed by atoms with Crippen molar-refractivity contribution in [1.29, 1.82) is 0 Å². The molecule has 2 amide bonds. The molecule has 0 spiro atoms. The number of aromatic hydroxyl groups is 1. The normalized spacial score (nSPS) is 10.7. The third kappa shape index (κ3) is 8.41. The molecule has 0 aliphatic rings. The molecule has 0 aliphatic heterocycles. The van der Waals surface area contributed by atoms with E-state index in [-0.39, 0.29) is 17.1 Å². The van der Waals surface area contributed by atoms with E-state index in [4.69, 9.17) is 0 Å². The van der Waals surface area contributed by atoms with Crippen molar-refractivity contribution in [2.24, 2.45) is 5.41 Å². The van der Waals surface area contributed by atoms with E-state index in [1.807, 2.05) is 52.8 Å². The molecule has 0 fully saturated rings. The van der Waals surface area contributed by atoms with E-state index in [0.717, 1.165) is 11.1 Å². The lowest BCUT2D eigenvalue weighted by Crippen LogP contribution is -2.49. The summed E-state index contributed by atoms with van der Waals surface area (Å²) in [5.41, 5.74) is 6.53. The number of nitrogens with one attached hydrogen (secondary N) is 1. The highest BCUT2D eigenvalue weighted by molar-refractivity contribution is 6.00. The van der Waals surface area contributed by atoms with Crippen LogP contribution in [0.25, 0.3) is 0 Å². The van der Waals surface area contributed by atoms with Crippen LogP contribution in [-0.2, 0) is 6.42 Å². The second kappa shape index (κ2) is 12.2. The summed E-state index contributed by atoms with van der Waals surface area (Å²) in [6.45, 7) is 19.8. The quantitative estimate of drug-likeness (QED) is 0.413. The molecule has 0 saturated carbocycles. The summed E-state index contributed by atoms with van der Waals surface area (Å²) in [7, 11) is 0. The fourth-order valence-electron chi connectivity index (χ4n) is 3.40. The highest BCUT2D eigenvalue weighted by atomic mass is 16.3. The number of hydrogen-bond acceptors (Lipinski definition) is 3. The Balaban J connectivity index is 0.00000172. The first-order valence-corrected chi connectivity index (χ1v) is 11.5. The highest BCUT2D eigenvalue weighted by Gasteiger charge is 2.26. The van der Waals surface area contributed by atoms with Gasteiger partial charge in [-0.05, 0) is 56.4 Å². The Morgan fingerprint density at radius 2 is 1.61 bits per heavy atom. The fraction of sp³-hybridized carbons (Fsp3) is 0.429. The molecule has 0 bridgehead atoms. The van der Waals surface area contributed by atoms with Crippen LogP contribution in [0.15, 0.2) is 43.0 Å². The summed E-state index contributed by atoms with van der Waals surface area (Å²) in [6, 6.07) is 9.01. The lowest BCUT2D eigenvalue weighted by molar-refractivity contribution is 0.0509. The number of allylic oxidation sites excluding steroid dienone is 1. The van der Waals surface area contributed by atoms with Gasteiger partial charge in [0.15, 0.2) is 0 Å². The van der Waals surface area contributed by atoms with Gasteiger partial charge in [0.2, 0.25) is 0 Å². The van der Waals surface area contributed by atoms with Crippen molar-refractivity contribution in [3.63, 3.8) is 0 Å². The van der Waals surface area contributed by atoms with Gasteiger partial charge in [-0.1, -0.05) is 70.4 Å². The number of nitrogens with zero attached hydrogens (tertiary/aromatic N) is 1. The van der Waals surface area contributed by atoms with E-state index >= 15 is 0 Å². The first kappa shape index (κ1) is 28.0. The molecule has 2 rings (SSSR count). The van der Waals surface area contributed by atoms with Crippen LogP contribution in [-0.4, -0.2) is 28.5 Å². The number of amides is 2. The molecule has 2 aromatic carbocycles. The van der Waals surface area contributed by atoms with Crippen LogP contribution in [0.3, 0.4) is 0 Å². The monoisotopic (exact) mass is 452 g/mol. The van der Waals surface area contributed by atoms with Crippen molar-refractivity contribution in [2.45, 2.75) is 68.2 Å². The number of aryl methyl sites for hydroxylation is 2. The molecule has 0 unspecified atom stereocenters. The average molecular weight is 453 g/mol. The standard InChI is InChI=1S/C25H32N2O3.C3H8/c1-8-9-19-10-11-21(18(4)22(19)28)23(29)26-27(15-25(5,6)7)24(30)20-13-16(2)12-17(3)14-20;1-3-2/h8,10-14,28H,1,9,15H2,2-7H3,(H,26,29);3H2,1-2H3. The van der Waals surface area contributed by atoms with Crippen molar-refractivity contribution < 1.29 is 14.7 Å². The maximum atomic E-state index is 13.2. The first-order chi connectivity index (χ1) is 15.3. The van der Waals surface area contributed by atoms with Gasteiger partial charge in [0, 0.05) is 23.2 Å². The van der Waals surface area contributed by atoms with Gasteiger partial charge in [-0.25, -0.2) is 5.01 Å². The molecule has 5 nitrogen and oxygen atoms in total. The second-order valence-electron chi connectivity index (χ2n) is 9.72. The molecule has 0 saturated heterocycles. The van der Waals surface area contributed by atoms with Crippen LogP contribution >= 0.6 is 0 Å². The first-order valence-electron chi connectivity index (χ1n) is 11.5. The summed E-state index contributed by atoms with van der Waals surface area (Å²) in [4.78, 5) is 26.3. The molecule has 5 heteroatoms. The fourth-order valence-corrected chi connectivity index (χ4v) is 3.40. The van der Waals surface area contributed by atoms with Crippen molar-refractivity contribution in [1.82, 2.24) is 10.4 Å². The Kier molecular flexibility index (Phi) is 10.4. The number of rotatable bonds is 5. The van der Waals surface area contributed by atoms with Crippen LogP contribution < -0.4 is 5.43 Å². The van der Waals surface area contributed by atoms with Crippen molar-refractivity contribution in [3.05, 3.63) is 76.4 Å². The largest absolute Gasteiger partial charge is 0.507 e. The number of benzene rings is 2. The Labute approximate surface area is 199 Å². The summed E-state index contributed by atoms with van der Waals surface area (Å²) < 4.78 is 0. The van der Waals surface area contributed by atoms with Crippen molar-refractivity contribution in [2.75, 3.05) is 6.54 Å². The lowest BCUT2D eigenvalue weighted by Gasteiger charge is -2.30. The highest BCUT2D eigenvalue weighted by Crippen LogP contribution is 2.26. The van der Waals surface area contributed by atoms with E-state index in [2.05, 4.69) is 25.9 Å². The van der Waals surface area contributed by atoms with Gasteiger partial charge in [0.05, 0.1) is 0 Å². The Bertz CT molecular complexity index is 967. The van der Waals surface area contributed by atoms with E-state index in [1.54, 1.807) is 25.1 Å². The van der Waals surface area contributed by atoms with Crippen molar-refractivity contribution >= 4 is 11.8 Å². The number of hydrazine groups is 1. The molecule has 0 heterocycles. The zero-order valence-electron chi connectivity index (χ0n) is 21.5. The molecular formula is C28H40N2O3. The maximum absolute atomic E-state index is 13.2. The number of hydrogen-bond donors (Lipinski definition) is 2. The topological polar surface area (TPSA) is 69.6 Å². The van der Waals surface area contributed by atoms with Gasteiger partial charge in [0.1, 0.15) is 5.75 Å². The van der Waals surface area contributed by atoms with Crippen molar-refractivity contribution in [3.8, 4) is 5.75 Å². The van der Waals surface area contributed by atoms with Crippen LogP contribution in [0.2, 0.25) is 0 Å². The van der Waals surface area contributed by atoms with Gasteiger partial charge in [-0.2, -0.15) is 0 Å². The minimum absolute atomic E-state index is 0.0746. The molecular weight excluding hydrogens is 412 g/mol. The molecule has 2 N–H and O–H groups in total. The van der Waals surface area contributed by atoms with Crippen LogP contribution in [0.1, 0.15) is 84.0 Å². The van der Waals surface area contributed by atoms with Gasteiger partial charge in [0.25, 0.3) is 11.8 Å². The molecule has 0 radical (unpaired) electrons. The third-order valence-corrected chi connectivity index (χ3v) is 4.71. The molecule has 0 atom stereocenters. The second-order valence-corrected chi connectivity index (χ2v) is 9.72. The van der Waals surface area contributed by atoms with E-state index < -0.39 is 5.91 Å². The summed E-state index contributed by atoms with van der Waals surface area (Å²) in [6.07, 6.45) is 3.46. The van der Waals surface area contributed by atoms with Crippen LogP contribution in [0, 0.1) is 26.2 Å². The van der Waals surface area contributed by atoms with Crippen LogP contribution in [0.5, 0.6) is 5.75 Å². The summed E-state index contributed by atoms with van der Waals surface area (Å²) in [5.74, 6) is -0.629. The number of phenolic OH excluding ortho intramolecular Hbond substituents is 1. The number of phenols is 1. The van der Waals surface area contributed by atoms with E-state index in [1.165, 1.54) is 11.4 Å². The third-order valence-electron chi connectivity index (χ3n) is 4.71. The van der Waals surface area contributed by atoms with E-state index in [9.17, 15) is 14.7 Å². The Morgan fingerprint density at radius 3 is 2.09 bits per heavy atom. The van der Waals surface area contributed by atoms with Gasteiger partial charge in [-0.3, -0.25) is 15.0 Å². The maximum Gasteiger partial charge on any atom is 0.272 e. The van der Waals surface area contributed by atoms with Gasteiger partial charge >= 0.3 is 0 Å². The number of carbonyl (C=O) groups excluding carboxylic acids is 2. The average Bonchev–Trinajstić information content (AvgIpc) is 2.69. The summed E-state index contributed by atoms with van der Waals surface area (Å²) in [5, 5.41) is 11.8. The number of carbonyl (C=O) groups is 2. The minimum atomic E-state index is -0.435. The lowest BCUT2D eigenvalue weighted by atomic mass is 9.96. The molecule has 33 heavy (non-hydrogen) atoms. The van der Waals surface area contributed by atoms with Crippen LogP contribution in [0.4, 0.5) is 0 Å². The molecule has 2 aromatic rings.